The topological polar surface area (TPSA) is 74.7 Å². The van der Waals surface area contributed by atoms with E-state index in [1.807, 2.05) is 0 Å². The molecule has 0 bridgehead atoms. The molecule has 0 spiro atoms. The van der Waals surface area contributed by atoms with Gasteiger partial charge in [-0.25, -0.2) is 13.2 Å². The second-order valence-electron chi connectivity index (χ2n) is 4.32. The van der Waals surface area contributed by atoms with Gasteiger partial charge in [-0.15, -0.1) is 11.3 Å². The molecule has 0 saturated carbocycles. The normalized spacial score (nSPS) is 11.8. The third-order valence-electron chi connectivity index (χ3n) is 2.84. The average molecular weight is 390 g/mol. The molecule has 1 heterocycles. The molecule has 0 amide bonds. The Morgan fingerprint density at radius 2 is 1.90 bits per heavy atom. The lowest BCUT2D eigenvalue weighted by molar-refractivity contribution is 0.0697. The number of carboxylic acid groups (broad SMARTS) is 1. The van der Waals surface area contributed by atoms with Gasteiger partial charge < -0.3 is 5.11 Å². The highest BCUT2D eigenvalue weighted by molar-refractivity contribution is 9.10. The summed E-state index contributed by atoms with van der Waals surface area (Å²) in [7, 11) is -2.07. The summed E-state index contributed by atoms with van der Waals surface area (Å²) in [6.07, 6.45) is 0. The smallest absolute Gasteiger partial charge is 0.335 e. The minimum atomic E-state index is -3.56. The number of carboxylic acids is 1. The summed E-state index contributed by atoms with van der Waals surface area (Å²) in [4.78, 5) is 10.8. The summed E-state index contributed by atoms with van der Waals surface area (Å²) in [5, 5.41) is 10.5. The summed E-state index contributed by atoms with van der Waals surface area (Å²) in [6.45, 7) is 0.173. The molecule has 1 N–H and O–H groups in total. The Hall–Kier alpha value is -1.22. The van der Waals surface area contributed by atoms with Crippen LogP contribution in [0, 0.1) is 0 Å². The van der Waals surface area contributed by atoms with Gasteiger partial charge in [-0.3, -0.25) is 0 Å². The Morgan fingerprint density at radius 1 is 1.29 bits per heavy atom. The molecule has 0 radical (unpaired) electrons. The molecule has 5 nitrogen and oxygen atoms in total. The van der Waals surface area contributed by atoms with Crippen LogP contribution in [0.3, 0.4) is 0 Å². The van der Waals surface area contributed by atoms with Crippen LogP contribution in [0.15, 0.2) is 44.4 Å². The first-order valence-electron chi connectivity index (χ1n) is 5.84. The molecule has 0 aliphatic carbocycles. The number of rotatable bonds is 5. The monoisotopic (exact) mass is 389 g/mol. The predicted octanol–water partition coefficient (Wildman–Crippen LogP) is 3.03. The number of halogens is 1. The van der Waals surface area contributed by atoms with Gasteiger partial charge in [0.05, 0.1) is 5.56 Å². The lowest BCUT2D eigenvalue weighted by Crippen LogP contribution is -2.26. The second kappa shape index (κ2) is 6.27. The summed E-state index contributed by atoms with van der Waals surface area (Å²) < 4.78 is 26.8. The van der Waals surface area contributed by atoms with E-state index in [9.17, 15) is 13.2 Å². The fourth-order valence-electron chi connectivity index (χ4n) is 1.70. The Morgan fingerprint density at radius 3 is 2.38 bits per heavy atom. The highest BCUT2D eigenvalue weighted by atomic mass is 79.9. The van der Waals surface area contributed by atoms with Crippen molar-refractivity contribution in [2.24, 2.45) is 0 Å². The van der Waals surface area contributed by atoms with Crippen LogP contribution in [-0.4, -0.2) is 30.8 Å². The van der Waals surface area contributed by atoms with Crippen LogP contribution in [0.4, 0.5) is 0 Å². The van der Waals surface area contributed by atoms with Gasteiger partial charge in [0, 0.05) is 18.1 Å². The largest absolute Gasteiger partial charge is 0.478 e. The highest BCUT2D eigenvalue weighted by Gasteiger charge is 2.24. The van der Waals surface area contributed by atoms with Gasteiger partial charge in [0.2, 0.25) is 0 Å². The Labute approximate surface area is 135 Å². The van der Waals surface area contributed by atoms with Crippen molar-refractivity contribution in [2.75, 3.05) is 7.05 Å². The number of aromatic carboxylic acids is 1. The molecular weight excluding hydrogens is 378 g/mol. The van der Waals surface area contributed by atoms with E-state index in [0.29, 0.717) is 4.47 Å². The van der Waals surface area contributed by atoms with Crippen molar-refractivity contribution in [3.63, 3.8) is 0 Å². The van der Waals surface area contributed by atoms with E-state index in [1.165, 1.54) is 23.5 Å². The van der Waals surface area contributed by atoms with Crippen molar-refractivity contribution in [3.8, 4) is 0 Å². The van der Waals surface area contributed by atoms with E-state index < -0.39 is 16.0 Å². The molecule has 0 aliphatic heterocycles. The van der Waals surface area contributed by atoms with E-state index in [1.54, 1.807) is 23.6 Å². The van der Waals surface area contributed by atoms with E-state index in [-0.39, 0.29) is 16.3 Å². The maximum Gasteiger partial charge on any atom is 0.335 e. The van der Waals surface area contributed by atoms with Crippen molar-refractivity contribution in [1.29, 1.82) is 0 Å². The molecule has 21 heavy (non-hydrogen) atoms. The fraction of sp³-hybridized carbons (Fsp3) is 0.154. The highest BCUT2D eigenvalue weighted by Crippen LogP contribution is 2.30. The predicted molar refractivity (Wildman–Crippen MR) is 84.1 cm³/mol. The quantitative estimate of drug-likeness (QED) is 0.852. The molecule has 8 heteroatoms. The first kappa shape index (κ1) is 16.2. The number of hydrogen-bond acceptors (Lipinski definition) is 4. The second-order valence-corrected chi connectivity index (χ2v) is 8.33. The number of nitrogens with zero attached hydrogens (tertiary/aromatic N) is 1. The van der Waals surface area contributed by atoms with Crippen molar-refractivity contribution in [2.45, 2.75) is 10.8 Å². The molecule has 0 atom stereocenters. The van der Waals surface area contributed by atoms with Crippen LogP contribution in [0.5, 0.6) is 0 Å². The lowest BCUT2D eigenvalue weighted by atomic mass is 10.1. The number of carbonyl (C=O) groups is 1. The third-order valence-corrected chi connectivity index (χ3v) is 7.29. The van der Waals surface area contributed by atoms with E-state index in [4.69, 9.17) is 5.11 Å². The zero-order valence-corrected chi connectivity index (χ0v) is 14.2. The molecule has 0 fully saturated rings. The zero-order valence-electron chi connectivity index (χ0n) is 11.0. The molecule has 112 valence electrons. The van der Waals surface area contributed by atoms with Gasteiger partial charge in [-0.05, 0) is 45.1 Å². The van der Waals surface area contributed by atoms with Crippen molar-refractivity contribution in [1.82, 2.24) is 4.31 Å². The first-order valence-corrected chi connectivity index (χ1v) is 8.95. The van der Waals surface area contributed by atoms with Crippen LogP contribution in [-0.2, 0) is 16.6 Å². The Kier molecular flexibility index (Phi) is 4.82. The third kappa shape index (κ3) is 3.52. The molecule has 0 saturated heterocycles. The van der Waals surface area contributed by atoms with E-state index in [2.05, 4.69) is 15.9 Å². The van der Waals surface area contributed by atoms with Crippen LogP contribution in [0.2, 0.25) is 0 Å². The number of benzene rings is 1. The van der Waals surface area contributed by atoms with Gasteiger partial charge in [0.25, 0.3) is 10.0 Å². The van der Waals surface area contributed by atoms with Crippen molar-refractivity contribution < 1.29 is 18.3 Å². The standard InChI is InChI=1S/C13H12BrNO4S2/c1-15(21(18,19)13-11(14)6-7-20-13)8-9-2-4-10(5-3-9)12(16)17/h2-7H,8H2,1H3,(H,16,17). The molecule has 0 aliphatic rings. The van der Waals surface area contributed by atoms with Gasteiger partial charge in [0.1, 0.15) is 4.21 Å². The van der Waals surface area contributed by atoms with Gasteiger partial charge in [0.15, 0.2) is 0 Å². The molecule has 1 aromatic carbocycles. The van der Waals surface area contributed by atoms with Crippen molar-refractivity contribution >= 4 is 43.3 Å². The van der Waals surface area contributed by atoms with E-state index in [0.717, 1.165) is 16.9 Å². The molecular formula is C13H12BrNO4S2. The maximum absolute atomic E-state index is 12.4. The van der Waals surface area contributed by atoms with Crippen LogP contribution in [0.1, 0.15) is 15.9 Å². The van der Waals surface area contributed by atoms with Crippen molar-refractivity contribution in [3.05, 3.63) is 51.3 Å². The van der Waals surface area contributed by atoms with Gasteiger partial charge >= 0.3 is 5.97 Å². The molecule has 1 aromatic heterocycles. The summed E-state index contributed by atoms with van der Waals surface area (Å²) in [6, 6.07) is 7.82. The SMILES string of the molecule is CN(Cc1ccc(C(=O)O)cc1)S(=O)(=O)c1sccc1Br. The summed E-state index contributed by atoms with van der Waals surface area (Å²) in [5.74, 6) is -1.01. The minimum absolute atomic E-state index is 0.172. The van der Waals surface area contributed by atoms with Crippen LogP contribution < -0.4 is 0 Å². The number of sulfonamides is 1. The lowest BCUT2D eigenvalue weighted by Gasteiger charge is -2.16. The Balaban J connectivity index is 2.19. The number of hydrogen-bond donors (Lipinski definition) is 1. The van der Waals surface area contributed by atoms with Crippen LogP contribution in [0.25, 0.3) is 0 Å². The van der Waals surface area contributed by atoms with Crippen LogP contribution >= 0.6 is 27.3 Å². The van der Waals surface area contributed by atoms with E-state index >= 15 is 0 Å². The van der Waals surface area contributed by atoms with Gasteiger partial charge in [-0.1, -0.05) is 12.1 Å². The molecule has 2 rings (SSSR count). The minimum Gasteiger partial charge on any atom is -0.478 e. The average Bonchev–Trinajstić information content (AvgIpc) is 2.86. The summed E-state index contributed by atoms with van der Waals surface area (Å²) in [5.41, 5.74) is 0.893. The fourth-order valence-corrected chi connectivity index (χ4v) is 5.36. The Bertz CT molecular complexity index is 753. The summed E-state index contributed by atoms with van der Waals surface area (Å²) >= 11 is 4.37. The first-order chi connectivity index (χ1) is 9.82. The molecule has 0 unspecified atom stereocenters. The van der Waals surface area contributed by atoms with Gasteiger partial charge in [-0.2, -0.15) is 4.31 Å². The molecule has 2 aromatic rings. The number of thiophene rings is 1. The maximum atomic E-state index is 12.4. The zero-order chi connectivity index (χ0) is 15.6.